The van der Waals surface area contributed by atoms with Crippen LogP contribution in [0.25, 0.3) is 6.08 Å². The van der Waals surface area contributed by atoms with Crippen molar-refractivity contribution < 1.29 is 23.8 Å². The first kappa shape index (κ1) is 17.3. The summed E-state index contributed by atoms with van der Waals surface area (Å²) in [7, 11) is 4.50. The van der Waals surface area contributed by atoms with E-state index in [0.717, 1.165) is 0 Å². The molecule has 0 saturated carbocycles. The minimum atomic E-state index is -0.479. The summed E-state index contributed by atoms with van der Waals surface area (Å²) in [6.07, 6.45) is 1.49. The second kappa shape index (κ2) is 7.18. The molecule has 0 spiro atoms. The van der Waals surface area contributed by atoms with Crippen LogP contribution in [-0.2, 0) is 9.59 Å². The molecule has 26 heavy (non-hydrogen) atoms. The lowest BCUT2D eigenvalue weighted by atomic mass is 10.1. The standard InChI is InChI=1S/C19H18N2O5/c1-24-15-10-12(11-16(25-2)17(15)26-3)9-14-18(22)20-21(19(14)23)13-7-5-4-6-8-13/h4-11H,1-3H3,(H,20,22)/b14-9+. The van der Waals surface area contributed by atoms with Crippen LogP contribution < -0.4 is 24.6 Å². The van der Waals surface area contributed by atoms with Gasteiger partial charge in [0.25, 0.3) is 11.8 Å². The maximum Gasteiger partial charge on any atom is 0.282 e. The molecule has 0 atom stereocenters. The highest BCUT2D eigenvalue weighted by atomic mass is 16.5. The Morgan fingerprint density at radius 2 is 1.54 bits per heavy atom. The van der Waals surface area contributed by atoms with Gasteiger partial charge in [0.05, 0.1) is 27.0 Å². The molecule has 1 saturated heterocycles. The molecule has 0 aromatic heterocycles. The van der Waals surface area contributed by atoms with Crippen LogP contribution in [0.15, 0.2) is 48.0 Å². The Balaban J connectivity index is 2.00. The number of hydrogen-bond acceptors (Lipinski definition) is 5. The Kier molecular flexibility index (Phi) is 4.79. The van der Waals surface area contributed by atoms with E-state index in [2.05, 4.69) is 5.43 Å². The number of hydrogen-bond donors (Lipinski definition) is 1. The van der Waals surface area contributed by atoms with Crippen molar-refractivity contribution in [2.45, 2.75) is 0 Å². The van der Waals surface area contributed by atoms with Gasteiger partial charge in [0.15, 0.2) is 11.5 Å². The molecule has 2 aromatic carbocycles. The van der Waals surface area contributed by atoms with Gasteiger partial charge in [-0.15, -0.1) is 0 Å². The Morgan fingerprint density at radius 3 is 2.08 bits per heavy atom. The molecule has 0 unspecified atom stereocenters. The van der Waals surface area contributed by atoms with Gasteiger partial charge in [-0.2, -0.15) is 0 Å². The molecular weight excluding hydrogens is 336 g/mol. The topological polar surface area (TPSA) is 77.1 Å². The summed E-state index contributed by atoms with van der Waals surface area (Å²) in [5.74, 6) is 0.391. The maximum absolute atomic E-state index is 12.6. The number of carbonyl (C=O) groups excluding carboxylic acids is 2. The zero-order valence-corrected chi connectivity index (χ0v) is 14.6. The first-order chi connectivity index (χ1) is 12.6. The monoisotopic (exact) mass is 354 g/mol. The van der Waals surface area contributed by atoms with E-state index < -0.39 is 11.8 Å². The smallest absolute Gasteiger partial charge is 0.282 e. The van der Waals surface area contributed by atoms with Crippen LogP contribution >= 0.6 is 0 Å². The van der Waals surface area contributed by atoms with Crippen LogP contribution in [0.3, 0.4) is 0 Å². The molecule has 0 bridgehead atoms. The van der Waals surface area contributed by atoms with E-state index in [1.54, 1.807) is 36.4 Å². The molecule has 0 aliphatic carbocycles. The number of carbonyl (C=O) groups is 2. The van der Waals surface area contributed by atoms with Gasteiger partial charge >= 0.3 is 0 Å². The average Bonchev–Trinajstić information content (AvgIpc) is 2.96. The number of benzene rings is 2. The number of rotatable bonds is 5. The fourth-order valence-electron chi connectivity index (χ4n) is 2.67. The van der Waals surface area contributed by atoms with Gasteiger partial charge in [0.1, 0.15) is 5.57 Å². The van der Waals surface area contributed by atoms with Crippen LogP contribution in [0.1, 0.15) is 5.56 Å². The van der Waals surface area contributed by atoms with Gasteiger partial charge in [-0.1, -0.05) is 18.2 Å². The Morgan fingerprint density at radius 1 is 0.923 bits per heavy atom. The summed E-state index contributed by atoms with van der Waals surface area (Å²) >= 11 is 0. The van der Waals surface area contributed by atoms with Crippen molar-refractivity contribution in [1.82, 2.24) is 5.43 Å². The SMILES string of the molecule is COc1cc(/C=C2\C(=O)NN(c3ccccc3)C2=O)cc(OC)c1OC. The largest absolute Gasteiger partial charge is 0.493 e. The van der Waals surface area contributed by atoms with Gasteiger partial charge in [-0.25, -0.2) is 5.01 Å². The maximum atomic E-state index is 12.6. The number of hydrazine groups is 1. The van der Waals surface area contributed by atoms with Crippen molar-refractivity contribution in [2.75, 3.05) is 26.3 Å². The molecule has 2 aromatic rings. The average molecular weight is 354 g/mol. The highest BCUT2D eigenvalue weighted by molar-refractivity contribution is 6.31. The lowest BCUT2D eigenvalue weighted by Crippen LogP contribution is -2.35. The number of ether oxygens (including phenoxy) is 3. The van der Waals surface area contributed by atoms with Crippen LogP contribution in [0.5, 0.6) is 17.2 Å². The first-order valence-corrected chi connectivity index (χ1v) is 7.81. The van der Waals surface area contributed by atoms with Crippen LogP contribution in [0.2, 0.25) is 0 Å². The number of methoxy groups -OCH3 is 3. The fourth-order valence-corrected chi connectivity index (χ4v) is 2.67. The molecule has 1 N–H and O–H groups in total. The van der Waals surface area contributed by atoms with E-state index in [4.69, 9.17) is 14.2 Å². The van der Waals surface area contributed by atoms with E-state index >= 15 is 0 Å². The molecule has 2 amide bonds. The normalized spacial score (nSPS) is 15.2. The summed E-state index contributed by atoms with van der Waals surface area (Å²) in [5, 5.41) is 1.21. The molecule has 1 aliphatic heterocycles. The quantitative estimate of drug-likeness (QED) is 0.658. The third-order valence-corrected chi connectivity index (χ3v) is 3.90. The van der Waals surface area contributed by atoms with E-state index in [1.807, 2.05) is 6.07 Å². The molecule has 7 heteroatoms. The molecular formula is C19H18N2O5. The van der Waals surface area contributed by atoms with E-state index in [9.17, 15) is 9.59 Å². The summed E-state index contributed by atoms with van der Waals surface area (Å²) in [4.78, 5) is 24.9. The molecule has 7 nitrogen and oxygen atoms in total. The van der Waals surface area contributed by atoms with Crippen LogP contribution in [-0.4, -0.2) is 33.1 Å². The van der Waals surface area contributed by atoms with E-state index in [0.29, 0.717) is 28.5 Å². The van der Waals surface area contributed by atoms with Crippen molar-refractivity contribution in [1.29, 1.82) is 0 Å². The van der Waals surface area contributed by atoms with Gasteiger partial charge in [0, 0.05) is 0 Å². The predicted octanol–water partition coefficient (Wildman–Crippen LogP) is 2.17. The second-order valence-corrected chi connectivity index (χ2v) is 5.43. The van der Waals surface area contributed by atoms with Crippen LogP contribution in [0.4, 0.5) is 5.69 Å². The number of nitrogens with one attached hydrogen (secondary N) is 1. The highest BCUT2D eigenvalue weighted by Crippen LogP contribution is 2.39. The first-order valence-electron chi connectivity index (χ1n) is 7.81. The predicted molar refractivity (Wildman–Crippen MR) is 96.1 cm³/mol. The molecule has 134 valence electrons. The van der Waals surface area contributed by atoms with Crippen molar-refractivity contribution >= 4 is 23.6 Å². The Hall–Kier alpha value is -3.48. The minimum absolute atomic E-state index is 0.0168. The van der Waals surface area contributed by atoms with Gasteiger partial charge < -0.3 is 14.2 Å². The second-order valence-electron chi connectivity index (χ2n) is 5.43. The Bertz CT molecular complexity index is 852. The summed E-state index contributed by atoms with van der Waals surface area (Å²) in [5.41, 5.74) is 3.74. The third kappa shape index (κ3) is 3.06. The van der Waals surface area contributed by atoms with Crippen molar-refractivity contribution in [3.63, 3.8) is 0 Å². The summed E-state index contributed by atoms with van der Waals surface area (Å²) in [6.45, 7) is 0. The third-order valence-electron chi connectivity index (χ3n) is 3.90. The van der Waals surface area contributed by atoms with Gasteiger partial charge in [-0.3, -0.25) is 15.0 Å². The molecule has 1 fully saturated rings. The molecule has 3 rings (SSSR count). The zero-order valence-electron chi connectivity index (χ0n) is 14.6. The molecule has 0 radical (unpaired) electrons. The minimum Gasteiger partial charge on any atom is -0.493 e. The number of para-hydroxylation sites is 1. The van der Waals surface area contributed by atoms with Crippen molar-refractivity contribution in [2.24, 2.45) is 0 Å². The van der Waals surface area contributed by atoms with Crippen molar-refractivity contribution in [3.8, 4) is 17.2 Å². The van der Waals surface area contributed by atoms with Gasteiger partial charge in [-0.05, 0) is 35.9 Å². The lowest BCUT2D eigenvalue weighted by Gasteiger charge is -2.14. The summed E-state index contributed by atoms with van der Waals surface area (Å²) in [6, 6.07) is 12.2. The number of anilines is 1. The molecule has 1 aliphatic rings. The number of amides is 2. The van der Waals surface area contributed by atoms with Crippen LogP contribution in [0, 0.1) is 0 Å². The lowest BCUT2D eigenvalue weighted by molar-refractivity contribution is -0.117. The summed E-state index contributed by atoms with van der Waals surface area (Å²) < 4.78 is 15.9. The van der Waals surface area contributed by atoms with Crippen molar-refractivity contribution in [3.05, 3.63) is 53.6 Å². The zero-order chi connectivity index (χ0) is 18.7. The van der Waals surface area contributed by atoms with Gasteiger partial charge in [0.2, 0.25) is 5.75 Å². The highest BCUT2D eigenvalue weighted by Gasteiger charge is 2.34. The van der Waals surface area contributed by atoms with E-state index in [-0.39, 0.29) is 5.57 Å². The fraction of sp³-hybridized carbons (Fsp3) is 0.158. The Labute approximate surface area is 150 Å². The molecule has 1 heterocycles. The van der Waals surface area contributed by atoms with E-state index in [1.165, 1.54) is 32.4 Å². The number of nitrogens with zero attached hydrogens (tertiary/aromatic N) is 1.